The summed E-state index contributed by atoms with van der Waals surface area (Å²) in [5, 5.41) is 15.6. The summed E-state index contributed by atoms with van der Waals surface area (Å²) in [4.78, 5) is 13.8. The van der Waals surface area contributed by atoms with Crippen LogP contribution < -0.4 is 0 Å². The first-order chi connectivity index (χ1) is 15.3. The zero-order valence-corrected chi connectivity index (χ0v) is 20.4. The average molecular weight is 459 g/mol. The molecule has 0 amide bonds. The van der Waals surface area contributed by atoms with Gasteiger partial charge >= 0.3 is 0 Å². The van der Waals surface area contributed by atoms with Crippen LogP contribution >= 0.6 is 11.6 Å². The second-order valence-electron chi connectivity index (χ2n) is 12.7. The molecule has 5 aliphatic rings. The predicted octanol–water partition coefficient (Wildman–Crippen LogP) is 5.76. The van der Waals surface area contributed by atoms with E-state index in [2.05, 4.69) is 18.9 Å². The van der Waals surface area contributed by atoms with Crippen LogP contribution in [0.2, 0.25) is 5.02 Å². The molecular weight excluding hydrogens is 420 g/mol. The monoisotopic (exact) mass is 458 g/mol. The fraction of sp³-hybridized carbons (Fsp3) is 0.852. The number of hydrogen-bond donors (Lipinski definition) is 1. The summed E-state index contributed by atoms with van der Waals surface area (Å²) in [6, 6.07) is 0. The highest BCUT2D eigenvalue weighted by Crippen LogP contribution is 2.70. The Kier molecular flexibility index (Phi) is 5.12. The zero-order chi connectivity index (χ0) is 22.3. The number of rotatable bonds is 3. The summed E-state index contributed by atoms with van der Waals surface area (Å²) in [6.07, 6.45) is 15.6. The predicted molar refractivity (Wildman–Crippen MR) is 125 cm³/mol. The average Bonchev–Trinajstić information content (AvgIpc) is 3.40. The summed E-state index contributed by atoms with van der Waals surface area (Å²) in [5.41, 5.74) is -0.300. The number of carbonyl (C=O) groups is 1. The molecule has 0 bridgehead atoms. The minimum absolute atomic E-state index is 0.151. The standard InChI is InChI=1S/C27H39ClN2O2/c1-26(32)10-8-18-16(12-26)6-7-22-19(18)9-11-27(2)24(22)20-4-3-5-21(20)25(27)23(31)15-30-14-17(28)13-29-30/h13-14,16,18-22,24-25,32H,3-12,15H2,1-2H3/t16?,18-,19+,20+,21-,22?,24?,25+,26+,27-/m0/s1. The molecule has 5 fully saturated rings. The Bertz CT molecular complexity index is 896. The summed E-state index contributed by atoms with van der Waals surface area (Å²) in [6.45, 7) is 4.91. The second-order valence-corrected chi connectivity index (χ2v) is 13.1. The van der Waals surface area contributed by atoms with E-state index in [-0.39, 0.29) is 11.3 Å². The highest BCUT2D eigenvalue weighted by molar-refractivity contribution is 6.30. The van der Waals surface area contributed by atoms with Crippen LogP contribution in [0, 0.1) is 52.8 Å². The maximum absolute atomic E-state index is 13.8. The minimum Gasteiger partial charge on any atom is -0.390 e. The van der Waals surface area contributed by atoms with Crippen LogP contribution in [0.3, 0.4) is 0 Å². The van der Waals surface area contributed by atoms with Crippen LogP contribution in [-0.4, -0.2) is 26.3 Å². The van der Waals surface area contributed by atoms with Gasteiger partial charge in [0.1, 0.15) is 0 Å². The number of aliphatic hydroxyl groups is 1. The van der Waals surface area contributed by atoms with Crippen molar-refractivity contribution >= 4 is 17.4 Å². The molecule has 1 N–H and O–H groups in total. The van der Waals surface area contributed by atoms with Crippen molar-refractivity contribution in [3.63, 3.8) is 0 Å². The largest absolute Gasteiger partial charge is 0.390 e. The number of halogens is 1. The van der Waals surface area contributed by atoms with Gasteiger partial charge in [0.25, 0.3) is 0 Å². The molecule has 4 nitrogen and oxygen atoms in total. The lowest BCUT2D eigenvalue weighted by Gasteiger charge is -2.57. The first-order valence-corrected chi connectivity index (χ1v) is 13.6. The molecule has 0 radical (unpaired) electrons. The maximum Gasteiger partial charge on any atom is 0.158 e. The summed E-state index contributed by atoms with van der Waals surface area (Å²) < 4.78 is 1.75. The molecule has 0 aliphatic heterocycles. The van der Waals surface area contributed by atoms with E-state index in [0.29, 0.717) is 35.1 Å². The molecule has 0 saturated heterocycles. The molecule has 6 rings (SSSR count). The van der Waals surface area contributed by atoms with Crippen LogP contribution in [0.5, 0.6) is 0 Å². The van der Waals surface area contributed by atoms with Crippen LogP contribution in [0.4, 0.5) is 0 Å². The van der Waals surface area contributed by atoms with Crippen molar-refractivity contribution < 1.29 is 9.90 Å². The highest BCUT2D eigenvalue weighted by atomic mass is 35.5. The molecule has 10 atom stereocenters. The third kappa shape index (κ3) is 3.26. The number of aromatic nitrogens is 2. The van der Waals surface area contributed by atoms with Gasteiger partial charge in [-0.05, 0) is 112 Å². The summed E-state index contributed by atoms with van der Waals surface area (Å²) in [5.74, 6) is 5.75. The lowest BCUT2D eigenvalue weighted by Crippen LogP contribution is -2.52. The smallest absolute Gasteiger partial charge is 0.158 e. The van der Waals surface area contributed by atoms with Crippen molar-refractivity contribution in [1.82, 2.24) is 9.78 Å². The third-order valence-corrected chi connectivity index (χ3v) is 11.2. The number of carbonyl (C=O) groups excluding carboxylic acids is 1. The fourth-order valence-electron chi connectivity index (χ4n) is 10.2. The van der Waals surface area contributed by atoms with Gasteiger partial charge < -0.3 is 5.11 Å². The number of Topliss-reactive ketones (excluding diaryl/α,β-unsaturated/α-hetero) is 1. The van der Waals surface area contributed by atoms with Gasteiger partial charge in [-0.3, -0.25) is 9.48 Å². The molecule has 1 heterocycles. The number of fused-ring (bicyclic) bond motifs is 7. The first kappa shape index (κ1) is 21.6. The number of hydrogen-bond acceptors (Lipinski definition) is 3. The highest BCUT2D eigenvalue weighted by Gasteiger charge is 2.65. The molecule has 5 saturated carbocycles. The van der Waals surface area contributed by atoms with E-state index in [1.54, 1.807) is 17.1 Å². The zero-order valence-electron chi connectivity index (χ0n) is 19.7. The molecule has 3 unspecified atom stereocenters. The molecule has 32 heavy (non-hydrogen) atoms. The Hall–Kier alpha value is -0.870. The summed E-state index contributed by atoms with van der Waals surface area (Å²) in [7, 11) is 0. The van der Waals surface area contributed by atoms with Crippen molar-refractivity contribution in [1.29, 1.82) is 0 Å². The topological polar surface area (TPSA) is 55.1 Å². The van der Waals surface area contributed by atoms with E-state index in [4.69, 9.17) is 11.6 Å². The third-order valence-electron chi connectivity index (χ3n) is 11.0. The van der Waals surface area contributed by atoms with Crippen molar-refractivity contribution in [3.8, 4) is 0 Å². The molecule has 176 valence electrons. The van der Waals surface area contributed by atoms with Crippen LogP contribution in [0.1, 0.15) is 78.1 Å². The van der Waals surface area contributed by atoms with Crippen molar-refractivity contribution in [2.24, 2.45) is 52.8 Å². The summed E-state index contributed by atoms with van der Waals surface area (Å²) >= 11 is 6.07. The number of ketones is 1. The lowest BCUT2D eigenvalue weighted by molar-refractivity contribution is -0.135. The Morgan fingerprint density at radius 1 is 1.06 bits per heavy atom. The van der Waals surface area contributed by atoms with E-state index in [1.807, 2.05) is 0 Å². The van der Waals surface area contributed by atoms with Gasteiger partial charge in [-0.2, -0.15) is 5.10 Å². The van der Waals surface area contributed by atoms with E-state index >= 15 is 0 Å². The van der Waals surface area contributed by atoms with E-state index in [0.717, 1.165) is 36.5 Å². The van der Waals surface area contributed by atoms with E-state index < -0.39 is 5.60 Å². The number of nitrogens with zero attached hydrogens (tertiary/aromatic N) is 2. The maximum atomic E-state index is 13.8. The van der Waals surface area contributed by atoms with E-state index in [1.165, 1.54) is 51.4 Å². The van der Waals surface area contributed by atoms with Crippen molar-refractivity contribution in [2.45, 2.75) is 90.2 Å². The quantitative estimate of drug-likeness (QED) is 0.626. The molecular formula is C27H39ClN2O2. The SMILES string of the molecule is C[C@@]1(O)CC[C@H]2C(CCC3C4[C@@H]5CCC[C@@H]5[C@H](C(=O)Cn5cc(Cl)cn5)[C@@]4(C)CC[C@@H]32)C1. The Morgan fingerprint density at radius 3 is 2.59 bits per heavy atom. The van der Waals surface area contributed by atoms with Crippen LogP contribution in [0.25, 0.3) is 0 Å². The molecule has 5 heteroatoms. The van der Waals surface area contributed by atoms with Gasteiger partial charge in [-0.15, -0.1) is 0 Å². The minimum atomic E-state index is -0.450. The van der Waals surface area contributed by atoms with Gasteiger partial charge in [-0.25, -0.2) is 0 Å². The normalized spacial score (nSPS) is 49.8. The lowest BCUT2D eigenvalue weighted by atomic mass is 9.48. The van der Waals surface area contributed by atoms with Gasteiger partial charge in [-0.1, -0.05) is 24.9 Å². The van der Waals surface area contributed by atoms with Gasteiger partial charge in [0, 0.05) is 12.1 Å². The van der Waals surface area contributed by atoms with Crippen LogP contribution in [-0.2, 0) is 11.3 Å². The molecule has 1 aromatic heterocycles. The molecule has 0 aromatic carbocycles. The molecule has 1 aromatic rings. The fourth-order valence-corrected chi connectivity index (χ4v) is 10.3. The van der Waals surface area contributed by atoms with Gasteiger partial charge in [0.05, 0.1) is 23.4 Å². The van der Waals surface area contributed by atoms with E-state index in [9.17, 15) is 9.90 Å². The van der Waals surface area contributed by atoms with Crippen LogP contribution in [0.15, 0.2) is 12.4 Å². The Morgan fingerprint density at radius 2 is 1.81 bits per heavy atom. The van der Waals surface area contributed by atoms with Gasteiger partial charge in [0.15, 0.2) is 5.78 Å². The molecule has 0 spiro atoms. The molecule has 5 aliphatic carbocycles. The Labute approximate surface area is 197 Å². The second kappa shape index (κ2) is 7.57. The first-order valence-electron chi connectivity index (χ1n) is 13.2. The van der Waals surface area contributed by atoms with Crippen molar-refractivity contribution in [3.05, 3.63) is 17.4 Å². The van der Waals surface area contributed by atoms with Crippen molar-refractivity contribution in [2.75, 3.05) is 0 Å². The Balaban J connectivity index is 1.28. The van der Waals surface area contributed by atoms with Gasteiger partial charge in [0.2, 0.25) is 0 Å².